The molecule has 0 aliphatic heterocycles. The smallest absolute Gasteiger partial charge is 0.255 e. The molecule has 1 amide bonds. The first kappa shape index (κ1) is 23.1. The third-order valence-corrected chi connectivity index (χ3v) is 7.00. The van der Waals surface area contributed by atoms with E-state index in [1.165, 1.54) is 11.3 Å². The van der Waals surface area contributed by atoms with Gasteiger partial charge in [-0.15, -0.1) is 0 Å². The number of carbonyl (C=O) groups is 1. The Morgan fingerprint density at radius 2 is 1.81 bits per heavy atom. The van der Waals surface area contributed by atoms with Crippen molar-refractivity contribution in [2.45, 2.75) is 38.4 Å². The van der Waals surface area contributed by atoms with Crippen LogP contribution in [0.15, 0.2) is 97.2 Å². The molecule has 184 valence electrons. The highest BCUT2D eigenvalue weighted by molar-refractivity contribution is 6.04. The van der Waals surface area contributed by atoms with E-state index < -0.39 is 0 Å². The maximum Gasteiger partial charge on any atom is 0.255 e. The molecule has 1 atom stereocenters. The summed E-state index contributed by atoms with van der Waals surface area (Å²) in [6.45, 7) is 1.39. The number of aromatic amines is 1. The molecule has 0 fully saturated rings. The molecule has 1 unspecified atom stereocenters. The van der Waals surface area contributed by atoms with Crippen LogP contribution in [0.4, 0.5) is 5.69 Å². The van der Waals surface area contributed by atoms with E-state index >= 15 is 0 Å². The summed E-state index contributed by atoms with van der Waals surface area (Å²) in [6.07, 6.45) is 5.15. The predicted molar refractivity (Wildman–Crippen MR) is 146 cm³/mol. The highest BCUT2D eigenvalue weighted by Crippen LogP contribution is 2.35. The zero-order valence-corrected chi connectivity index (χ0v) is 20.6. The lowest BCUT2D eigenvalue weighted by Gasteiger charge is -2.34. The fourth-order valence-electron chi connectivity index (χ4n) is 5.26. The minimum Gasteiger partial charge on any atom is -0.341 e. The second-order valence-corrected chi connectivity index (χ2v) is 9.58. The SMILES string of the molecule is O=C(Nc1cccc(CN(Cc2nc3ccccc3[nH]2)C2CCCc3cccnc32)c1)c1ccccc1. The van der Waals surface area contributed by atoms with Gasteiger partial charge in [-0.3, -0.25) is 14.7 Å². The Morgan fingerprint density at radius 1 is 0.946 bits per heavy atom. The van der Waals surface area contributed by atoms with Gasteiger partial charge in [0.25, 0.3) is 5.91 Å². The molecule has 37 heavy (non-hydrogen) atoms. The number of benzene rings is 3. The van der Waals surface area contributed by atoms with Crippen LogP contribution < -0.4 is 5.32 Å². The summed E-state index contributed by atoms with van der Waals surface area (Å²) in [5, 5.41) is 3.05. The number of H-pyrrole nitrogens is 1. The van der Waals surface area contributed by atoms with Crippen LogP contribution in [-0.4, -0.2) is 25.8 Å². The van der Waals surface area contributed by atoms with Gasteiger partial charge in [0, 0.05) is 24.0 Å². The zero-order valence-electron chi connectivity index (χ0n) is 20.6. The summed E-state index contributed by atoms with van der Waals surface area (Å²) in [6, 6.07) is 30.0. The minimum absolute atomic E-state index is 0.109. The van der Waals surface area contributed by atoms with Gasteiger partial charge in [-0.05, 0) is 72.9 Å². The molecule has 0 bridgehead atoms. The van der Waals surface area contributed by atoms with Gasteiger partial charge in [-0.1, -0.05) is 48.5 Å². The average molecular weight is 488 g/mol. The normalized spacial score (nSPS) is 15.0. The Hall–Kier alpha value is -4.29. The van der Waals surface area contributed by atoms with Crippen molar-refractivity contribution in [3.05, 3.63) is 125 Å². The molecule has 6 heteroatoms. The molecule has 1 aliphatic rings. The van der Waals surface area contributed by atoms with E-state index in [0.717, 1.165) is 47.4 Å². The highest BCUT2D eigenvalue weighted by Gasteiger charge is 2.28. The number of hydrogen-bond acceptors (Lipinski definition) is 4. The number of fused-ring (bicyclic) bond motifs is 2. The van der Waals surface area contributed by atoms with Crippen molar-refractivity contribution >= 4 is 22.6 Å². The summed E-state index contributed by atoms with van der Waals surface area (Å²) < 4.78 is 0. The van der Waals surface area contributed by atoms with E-state index in [9.17, 15) is 4.79 Å². The van der Waals surface area contributed by atoms with Crippen molar-refractivity contribution in [3.63, 3.8) is 0 Å². The summed E-state index contributed by atoms with van der Waals surface area (Å²) in [5.41, 5.74) is 7.08. The maximum absolute atomic E-state index is 12.7. The molecule has 2 heterocycles. The second-order valence-electron chi connectivity index (χ2n) is 9.58. The number of anilines is 1. The number of para-hydroxylation sites is 2. The molecule has 2 N–H and O–H groups in total. The quantitative estimate of drug-likeness (QED) is 0.283. The largest absolute Gasteiger partial charge is 0.341 e. The zero-order chi connectivity index (χ0) is 25.0. The van der Waals surface area contributed by atoms with Gasteiger partial charge in [0.15, 0.2) is 0 Å². The number of pyridine rings is 1. The van der Waals surface area contributed by atoms with E-state index in [2.05, 4.69) is 39.5 Å². The van der Waals surface area contributed by atoms with Gasteiger partial charge < -0.3 is 10.3 Å². The van der Waals surface area contributed by atoms with Crippen LogP contribution in [-0.2, 0) is 19.5 Å². The van der Waals surface area contributed by atoms with Crippen LogP contribution in [0, 0.1) is 0 Å². The molecule has 3 aromatic carbocycles. The topological polar surface area (TPSA) is 73.9 Å². The Kier molecular flexibility index (Phi) is 6.48. The van der Waals surface area contributed by atoms with Crippen molar-refractivity contribution in [1.82, 2.24) is 19.9 Å². The Labute approximate surface area is 216 Å². The first-order chi connectivity index (χ1) is 18.2. The van der Waals surface area contributed by atoms with Gasteiger partial charge in [-0.2, -0.15) is 0 Å². The first-order valence-electron chi connectivity index (χ1n) is 12.8. The Bertz CT molecular complexity index is 1490. The second kappa shape index (κ2) is 10.4. The number of imidazole rings is 1. The first-order valence-corrected chi connectivity index (χ1v) is 12.8. The van der Waals surface area contributed by atoms with Crippen molar-refractivity contribution in [3.8, 4) is 0 Å². The summed E-state index contributed by atoms with van der Waals surface area (Å²) in [5.74, 6) is 0.833. The van der Waals surface area contributed by atoms with Gasteiger partial charge in [0.1, 0.15) is 5.82 Å². The molecule has 0 radical (unpaired) electrons. The summed E-state index contributed by atoms with van der Waals surface area (Å²) in [7, 11) is 0. The van der Waals surface area contributed by atoms with Gasteiger partial charge in [0.05, 0.1) is 29.3 Å². The average Bonchev–Trinajstić information content (AvgIpc) is 3.35. The number of nitrogens with one attached hydrogen (secondary N) is 2. The number of rotatable bonds is 7. The van der Waals surface area contributed by atoms with Crippen LogP contribution >= 0.6 is 0 Å². The molecule has 1 aliphatic carbocycles. The fourth-order valence-corrected chi connectivity index (χ4v) is 5.26. The van der Waals surface area contributed by atoms with Crippen LogP contribution in [0.1, 0.15) is 51.9 Å². The molecule has 6 rings (SSSR count). The molecule has 0 saturated heterocycles. The number of nitrogens with zero attached hydrogens (tertiary/aromatic N) is 3. The third kappa shape index (κ3) is 5.15. The van der Waals surface area contributed by atoms with Crippen molar-refractivity contribution in [2.75, 3.05) is 5.32 Å². The summed E-state index contributed by atoms with van der Waals surface area (Å²) in [4.78, 5) is 28.3. The summed E-state index contributed by atoms with van der Waals surface area (Å²) >= 11 is 0. The van der Waals surface area contributed by atoms with Gasteiger partial charge >= 0.3 is 0 Å². The van der Waals surface area contributed by atoms with E-state index in [4.69, 9.17) is 9.97 Å². The van der Waals surface area contributed by atoms with Crippen LogP contribution in [0.2, 0.25) is 0 Å². The number of aryl methyl sites for hydroxylation is 1. The lowest BCUT2D eigenvalue weighted by molar-refractivity contribution is 0.102. The molecule has 2 aromatic heterocycles. The molecule has 0 saturated carbocycles. The Morgan fingerprint density at radius 3 is 2.70 bits per heavy atom. The molecular formula is C31H29N5O. The van der Waals surface area contributed by atoms with Gasteiger partial charge in [-0.25, -0.2) is 4.98 Å². The molecular weight excluding hydrogens is 458 g/mol. The van der Waals surface area contributed by atoms with E-state index in [-0.39, 0.29) is 11.9 Å². The number of hydrogen-bond donors (Lipinski definition) is 2. The fraction of sp³-hybridized carbons (Fsp3) is 0.194. The van der Waals surface area contributed by atoms with E-state index in [1.54, 1.807) is 0 Å². The van der Waals surface area contributed by atoms with Crippen molar-refractivity contribution < 1.29 is 4.79 Å². The van der Waals surface area contributed by atoms with E-state index in [0.29, 0.717) is 18.7 Å². The third-order valence-electron chi connectivity index (χ3n) is 7.00. The van der Waals surface area contributed by atoms with E-state index in [1.807, 2.05) is 72.9 Å². The lowest BCUT2D eigenvalue weighted by Crippen LogP contribution is -2.31. The van der Waals surface area contributed by atoms with Crippen LogP contribution in [0.3, 0.4) is 0 Å². The Balaban J connectivity index is 1.29. The highest BCUT2D eigenvalue weighted by atomic mass is 16.1. The maximum atomic E-state index is 12.7. The van der Waals surface area contributed by atoms with Crippen molar-refractivity contribution in [2.24, 2.45) is 0 Å². The minimum atomic E-state index is -0.109. The van der Waals surface area contributed by atoms with Crippen molar-refractivity contribution in [1.29, 1.82) is 0 Å². The van der Waals surface area contributed by atoms with Crippen LogP contribution in [0.25, 0.3) is 11.0 Å². The lowest BCUT2D eigenvalue weighted by atomic mass is 9.90. The van der Waals surface area contributed by atoms with Gasteiger partial charge in [0.2, 0.25) is 0 Å². The number of amides is 1. The standard InChI is InChI=1S/C31H29N5O/c37-31(24-10-2-1-3-11-24)33-25-14-6-9-22(19-25)20-36(21-29-34-26-15-4-5-16-27(26)35-29)28-17-7-12-23-13-8-18-32-30(23)28/h1-6,8-11,13-16,18-19,28H,7,12,17,20-21H2,(H,33,37)(H,34,35). The molecule has 5 aromatic rings. The predicted octanol–water partition coefficient (Wildman–Crippen LogP) is 6.29. The monoisotopic (exact) mass is 487 g/mol. The number of carbonyl (C=O) groups excluding carboxylic acids is 1. The molecule has 6 nitrogen and oxygen atoms in total. The molecule has 0 spiro atoms. The number of aromatic nitrogens is 3. The van der Waals surface area contributed by atoms with Crippen LogP contribution in [0.5, 0.6) is 0 Å².